The van der Waals surface area contributed by atoms with Gasteiger partial charge in [-0.25, -0.2) is 22.4 Å². The Morgan fingerprint density at radius 2 is 1.96 bits per heavy atom. The van der Waals surface area contributed by atoms with Gasteiger partial charge < -0.3 is 0 Å². The van der Waals surface area contributed by atoms with Crippen LogP contribution in [0.25, 0.3) is 0 Å². The summed E-state index contributed by atoms with van der Waals surface area (Å²) in [5, 5.41) is 3.99. The summed E-state index contributed by atoms with van der Waals surface area (Å²) in [7, 11) is -1.40. The third-order valence-electron chi connectivity index (χ3n) is 4.00. The van der Waals surface area contributed by atoms with Gasteiger partial charge in [0, 0.05) is 6.92 Å². The molecule has 0 aliphatic rings. The van der Waals surface area contributed by atoms with E-state index in [1.807, 2.05) is 61.3 Å². The molecule has 0 saturated carbocycles. The van der Waals surface area contributed by atoms with Gasteiger partial charge in [0.25, 0.3) is 5.82 Å². The molecule has 0 amide bonds. The molecule has 1 aromatic carbocycles. The van der Waals surface area contributed by atoms with Crippen LogP contribution < -0.4 is 9.40 Å². The number of nitrogens with zero attached hydrogens (tertiary/aromatic N) is 3. The van der Waals surface area contributed by atoms with Crippen LogP contribution in [0.5, 0.6) is 0 Å². The van der Waals surface area contributed by atoms with E-state index in [1.165, 1.54) is 0 Å². The molecule has 0 radical (unpaired) electrons. The Kier molecular flexibility index (Phi) is 6.14. The molecule has 0 aliphatic carbocycles. The number of hydrazone groups is 1. The number of rotatable bonds is 8. The maximum Gasteiger partial charge on any atom is 0.253 e. The van der Waals surface area contributed by atoms with Gasteiger partial charge in [-0.1, -0.05) is 30.3 Å². The highest BCUT2D eigenvalue weighted by atomic mass is 32.2. The summed E-state index contributed by atoms with van der Waals surface area (Å²) in [6.07, 6.45) is 5.40. The number of benzene rings is 1. The molecule has 0 bridgehead atoms. The lowest BCUT2D eigenvalue weighted by Crippen LogP contribution is -2.29. The molecular weight excluding hydrogens is 324 g/mol. The Hall–Kier alpha value is -2.15. The summed E-state index contributed by atoms with van der Waals surface area (Å²) in [5.74, 6) is 1.23. The standard InChI is InChI=1S/C17H25N4O2S/c1-15(17-9-5-4-6-10-17)18-19-24(22,23)14-8-7-11-21-13-12-20(3)16(21)2/h4-6,9-10,12-13,19H,7-8,11,14H2,1-3H3/q+1/b18-15-. The predicted octanol–water partition coefficient (Wildman–Crippen LogP) is 1.74. The Morgan fingerprint density at radius 3 is 2.58 bits per heavy atom. The van der Waals surface area contributed by atoms with Crippen LogP contribution in [0.2, 0.25) is 0 Å². The van der Waals surface area contributed by atoms with Crippen LogP contribution >= 0.6 is 0 Å². The molecule has 2 aromatic rings. The van der Waals surface area contributed by atoms with Gasteiger partial charge in [0.2, 0.25) is 10.0 Å². The van der Waals surface area contributed by atoms with Crippen molar-refractivity contribution < 1.29 is 13.0 Å². The van der Waals surface area contributed by atoms with Crippen LogP contribution in [0.4, 0.5) is 0 Å². The second-order valence-corrected chi connectivity index (χ2v) is 7.65. The zero-order valence-corrected chi connectivity index (χ0v) is 15.3. The highest BCUT2D eigenvalue weighted by molar-refractivity contribution is 7.89. The third kappa shape index (κ3) is 5.19. The Labute approximate surface area is 143 Å². The van der Waals surface area contributed by atoms with Crippen molar-refractivity contribution >= 4 is 15.7 Å². The molecule has 0 atom stereocenters. The highest BCUT2D eigenvalue weighted by Gasteiger charge is 2.11. The largest absolute Gasteiger partial charge is 0.253 e. The van der Waals surface area contributed by atoms with Crippen molar-refractivity contribution in [3.8, 4) is 0 Å². The highest BCUT2D eigenvalue weighted by Crippen LogP contribution is 2.03. The van der Waals surface area contributed by atoms with Crippen molar-refractivity contribution in [1.29, 1.82) is 0 Å². The fraction of sp³-hybridized carbons (Fsp3) is 0.412. The van der Waals surface area contributed by atoms with Gasteiger partial charge >= 0.3 is 0 Å². The van der Waals surface area contributed by atoms with E-state index in [9.17, 15) is 8.42 Å². The van der Waals surface area contributed by atoms with Gasteiger partial charge in [0.05, 0.1) is 25.1 Å². The number of aromatic nitrogens is 2. The molecule has 0 spiro atoms. The Bertz CT molecular complexity index is 795. The van der Waals surface area contributed by atoms with Crippen molar-refractivity contribution in [3.63, 3.8) is 0 Å². The molecule has 0 aliphatic heterocycles. The molecule has 1 aromatic heterocycles. The van der Waals surface area contributed by atoms with Crippen molar-refractivity contribution in [3.05, 3.63) is 54.1 Å². The average Bonchev–Trinajstić information content (AvgIpc) is 2.89. The number of hydrogen-bond donors (Lipinski definition) is 1. The summed E-state index contributed by atoms with van der Waals surface area (Å²) >= 11 is 0. The monoisotopic (exact) mass is 349 g/mol. The van der Waals surface area contributed by atoms with Crippen molar-refractivity contribution in [2.24, 2.45) is 12.1 Å². The summed E-state index contributed by atoms with van der Waals surface area (Å²) < 4.78 is 28.2. The first-order chi connectivity index (χ1) is 11.4. The van der Waals surface area contributed by atoms with E-state index in [1.54, 1.807) is 6.92 Å². The predicted molar refractivity (Wildman–Crippen MR) is 95.2 cm³/mol. The Balaban J connectivity index is 1.80. The minimum absolute atomic E-state index is 0.0744. The normalized spacial score (nSPS) is 12.4. The number of hydrogen-bond acceptors (Lipinski definition) is 3. The lowest BCUT2D eigenvalue weighted by Gasteiger charge is -2.05. The smallest absolute Gasteiger partial charge is 0.237 e. The van der Waals surface area contributed by atoms with E-state index in [-0.39, 0.29) is 5.75 Å². The van der Waals surface area contributed by atoms with Gasteiger partial charge in [-0.2, -0.15) is 5.10 Å². The van der Waals surface area contributed by atoms with Crippen LogP contribution in [-0.2, 0) is 23.6 Å². The molecule has 1 heterocycles. The first-order valence-corrected chi connectivity index (χ1v) is 9.65. The van der Waals surface area contributed by atoms with Crippen molar-refractivity contribution in [1.82, 2.24) is 9.40 Å². The van der Waals surface area contributed by atoms with E-state index in [2.05, 4.69) is 14.5 Å². The zero-order valence-electron chi connectivity index (χ0n) is 14.4. The van der Waals surface area contributed by atoms with Gasteiger partial charge in [0.1, 0.15) is 12.4 Å². The van der Waals surface area contributed by atoms with E-state index in [0.29, 0.717) is 12.1 Å². The summed E-state index contributed by atoms with van der Waals surface area (Å²) in [6, 6.07) is 9.49. The minimum Gasteiger partial charge on any atom is -0.237 e. The first-order valence-electron chi connectivity index (χ1n) is 7.99. The van der Waals surface area contributed by atoms with Crippen molar-refractivity contribution in [2.45, 2.75) is 33.2 Å². The van der Waals surface area contributed by atoms with Crippen LogP contribution in [0.1, 0.15) is 31.2 Å². The summed E-state index contributed by atoms with van der Waals surface area (Å²) in [6.45, 7) is 4.64. The molecule has 0 unspecified atom stereocenters. The first kappa shape index (κ1) is 18.2. The molecule has 6 nitrogen and oxygen atoms in total. The number of nitrogens with one attached hydrogen (secondary N) is 1. The maximum absolute atomic E-state index is 12.0. The van der Waals surface area contributed by atoms with Crippen LogP contribution in [0, 0.1) is 6.92 Å². The Morgan fingerprint density at radius 1 is 1.25 bits per heavy atom. The summed E-state index contributed by atoms with van der Waals surface area (Å²) in [4.78, 5) is 2.32. The van der Waals surface area contributed by atoms with E-state index >= 15 is 0 Å². The lowest BCUT2D eigenvalue weighted by molar-refractivity contribution is -0.677. The number of sulfonamides is 1. The van der Waals surface area contributed by atoms with Crippen LogP contribution in [0.3, 0.4) is 0 Å². The lowest BCUT2D eigenvalue weighted by atomic mass is 10.1. The molecule has 0 fully saturated rings. The minimum atomic E-state index is -3.40. The van der Waals surface area contributed by atoms with Crippen LogP contribution in [0.15, 0.2) is 47.8 Å². The molecule has 7 heteroatoms. The molecule has 24 heavy (non-hydrogen) atoms. The average molecular weight is 349 g/mol. The van der Waals surface area contributed by atoms with E-state index < -0.39 is 10.0 Å². The maximum atomic E-state index is 12.0. The quantitative estimate of drug-likeness (QED) is 0.341. The second-order valence-electron chi connectivity index (χ2n) is 5.83. The molecule has 1 N–H and O–H groups in total. The third-order valence-corrected chi connectivity index (χ3v) is 5.20. The number of imidazole rings is 1. The van der Waals surface area contributed by atoms with Gasteiger partial charge in [-0.3, -0.25) is 0 Å². The van der Waals surface area contributed by atoms with Crippen LogP contribution in [-0.4, -0.2) is 24.4 Å². The van der Waals surface area contributed by atoms with Crippen molar-refractivity contribution in [2.75, 3.05) is 5.75 Å². The molecule has 2 rings (SSSR count). The molecular formula is C17H25N4O2S+. The second kappa shape index (κ2) is 8.10. The van der Waals surface area contributed by atoms with Gasteiger partial charge in [0.15, 0.2) is 0 Å². The van der Waals surface area contributed by atoms with E-state index in [4.69, 9.17) is 0 Å². The molecule has 130 valence electrons. The fourth-order valence-electron chi connectivity index (χ4n) is 2.34. The SMILES string of the molecule is C/C(=N/NS(=O)(=O)CCCCn1cc[n+](C)c1C)c1ccccc1. The van der Waals surface area contributed by atoms with Gasteiger partial charge in [-0.05, 0) is 25.3 Å². The zero-order chi connectivity index (χ0) is 17.6. The summed E-state index contributed by atoms with van der Waals surface area (Å²) in [5.41, 5.74) is 1.55. The van der Waals surface area contributed by atoms with E-state index in [0.717, 1.165) is 24.4 Å². The fourth-order valence-corrected chi connectivity index (χ4v) is 3.29. The number of aryl methyl sites for hydroxylation is 2. The topological polar surface area (TPSA) is 67.3 Å². The molecule has 0 saturated heterocycles. The van der Waals surface area contributed by atoms with Gasteiger partial charge in [-0.15, -0.1) is 0 Å². The number of unbranched alkanes of at least 4 members (excludes halogenated alkanes) is 1.